The highest BCUT2D eigenvalue weighted by atomic mass is 19.1. The summed E-state index contributed by atoms with van der Waals surface area (Å²) < 4.78 is 13.4. The second kappa shape index (κ2) is 5.79. The summed E-state index contributed by atoms with van der Waals surface area (Å²) in [7, 11) is 3.96. The Balaban J connectivity index is 2.04. The fourth-order valence-corrected chi connectivity index (χ4v) is 1.86. The van der Waals surface area contributed by atoms with Crippen molar-refractivity contribution in [2.75, 3.05) is 27.2 Å². The summed E-state index contributed by atoms with van der Waals surface area (Å²) in [6.45, 7) is 1.48. The van der Waals surface area contributed by atoms with Crippen LogP contribution < -0.4 is 5.32 Å². The van der Waals surface area contributed by atoms with Gasteiger partial charge in [-0.2, -0.15) is 5.10 Å². The van der Waals surface area contributed by atoms with Gasteiger partial charge in [-0.25, -0.2) is 4.39 Å². The van der Waals surface area contributed by atoms with Gasteiger partial charge in [0.1, 0.15) is 11.2 Å². The highest BCUT2D eigenvalue weighted by molar-refractivity contribution is 6.04. The second-order valence-electron chi connectivity index (χ2n) is 4.65. The predicted octanol–water partition coefficient (Wildman–Crippen LogP) is 1.38. The number of benzene rings is 1. The van der Waals surface area contributed by atoms with Crippen LogP contribution in [0, 0.1) is 5.82 Å². The van der Waals surface area contributed by atoms with Gasteiger partial charge in [-0.3, -0.25) is 9.89 Å². The minimum absolute atomic E-state index is 0.195. The number of H-pyrrole nitrogens is 1. The summed E-state index contributed by atoms with van der Waals surface area (Å²) in [5.74, 6) is -0.688. The van der Waals surface area contributed by atoms with E-state index in [1.54, 1.807) is 12.1 Å². The number of fused-ring (bicyclic) bond motifs is 1. The standard InChI is InChI=1S/C13H17FN4O/c1-18(2)8-4-7-15-13(19)12-9-5-3-6-10(14)11(9)16-17-12/h3,5-6H,4,7-8H2,1-2H3,(H,15,19)(H,16,17). The number of para-hydroxylation sites is 1. The van der Waals surface area contributed by atoms with E-state index in [2.05, 4.69) is 15.5 Å². The third-order valence-electron chi connectivity index (χ3n) is 2.83. The van der Waals surface area contributed by atoms with Crippen molar-refractivity contribution >= 4 is 16.8 Å². The molecule has 5 nitrogen and oxygen atoms in total. The predicted molar refractivity (Wildman–Crippen MR) is 71.6 cm³/mol. The highest BCUT2D eigenvalue weighted by Gasteiger charge is 2.14. The van der Waals surface area contributed by atoms with Crippen LogP contribution in [-0.2, 0) is 0 Å². The van der Waals surface area contributed by atoms with Crippen LogP contribution >= 0.6 is 0 Å². The number of nitrogens with zero attached hydrogens (tertiary/aromatic N) is 2. The molecule has 0 atom stereocenters. The van der Waals surface area contributed by atoms with Crippen LogP contribution in [0.15, 0.2) is 18.2 Å². The number of halogens is 1. The number of rotatable bonds is 5. The minimum atomic E-state index is -0.430. The summed E-state index contributed by atoms with van der Waals surface area (Å²) in [5.41, 5.74) is 0.500. The molecule has 0 aliphatic heterocycles. The zero-order chi connectivity index (χ0) is 13.8. The Morgan fingerprint density at radius 1 is 1.47 bits per heavy atom. The monoisotopic (exact) mass is 264 g/mol. The van der Waals surface area contributed by atoms with Crippen LogP contribution in [0.1, 0.15) is 16.9 Å². The number of carbonyl (C=O) groups is 1. The summed E-state index contributed by atoms with van der Waals surface area (Å²) in [6.07, 6.45) is 0.860. The molecule has 0 saturated heterocycles. The van der Waals surface area contributed by atoms with Gasteiger partial charge in [-0.05, 0) is 33.1 Å². The third kappa shape index (κ3) is 3.08. The summed E-state index contributed by atoms with van der Waals surface area (Å²) in [6, 6.07) is 4.56. The lowest BCUT2D eigenvalue weighted by Crippen LogP contribution is -2.27. The number of nitrogens with one attached hydrogen (secondary N) is 2. The van der Waals surface area contributed by atoms with Crippen molar-refractivity contribution < 1.29 is 9.18 Å². The smallest absolute Gasteiger partial charge is 0.269 e. The molecule has 19 heavy (non-hydrogen) atoms. The molecule has 0 unspecified atom stereocenters. The molecule has 1 amide bonds. The van der Waals surface area contributed by atoms with Crippen LogP contribution in [0.5, 0.6) is 0 Å². The average molecular weight is 264 g/mol. The normalized spacial score (nSPS) is 11.2. The molecule has 1 aromatic carbocycles. The Kier molecular flexibility index (Phi) is 4.11. The Morgan fingerprint density at radius 3 is 3.00 bits per heavy atom. The first-order chi connectivity index (χ1) is 9.09. The largest absolute Gasteiger partial charge is 0.351 e. The second-order valence-corrected chi connectivity index (χ2v) is 4.65. The molecule has 0 spiro atoms. The molecule has 0 saturated carbocycles. The molecule has 102 valence electrons. The minimum Gasteiger partial charge on any atom is -0.351 e. The Hall–Kier alpha value is -1.95. The first-order valence-electron chi connectivity index (χ1n) is 6.15. The number of amides is 1. The lowest BCUT2D eigenvalue weighted by Gasteiger charge is -2.09. The summed E-state index contributed by atoms with van der Waals surface area (Å²) in [4.78, 5) is 14.0. The van der Waals surface area contributed by atoms with Crippen LogP contribution in [0.3, 0.4) is 0 Å². The van der Waals surface area contributed by atoms with E-state index < -0.39 is 5.82 Å². The van der Waals surface area contributed by atoms with Gasteiger partial charge >= 0.3 is 0 Å². The Morgan fingerprint density at radius 2 is 2.26 bits per heavy atom. The van der Waals surface area contributed by atoms with E-state index in [1.165, 1.54) is 6.07 Å². The van der Waals surface area contributed by atoms with Crippen molar-refractivity contribution in [2.45, 2.75) is 6.42 Å². The van der Waals surface area contributed by atoms with Gasteiger partial charge in [0.25, 0.3) is 5.91 Å². The molecule has 1 heterocycles. The maximum Gasteiger partial charge on any atom is 0.269 e. The van der Waals surface area contributed by atoms with Crippen molar-refractivity contribution in [1.82, 2.24) is 20.4 Å². The molecule has 2 N–H and O–H groups in total. The van der Waals surface area contributed by atoms with E-state index in [0.29, 0.717) is 17.6 Å². The fraction of sp³-hybridized carbons (Fsp3) is 0.385. The highest BCUT2D eigenvalue weighted by Crippen LogP contribution is 2.18. The first-order valence-corrected chi connectivity index (χ1v) is 6.15. The van der Waals surface area contributed by atoms with Gasteiger partial charge in [-0.15, -0.1) is 0 Å². The zero-order valence-corrected chi connectivity index (χ0v) is 11.0. The van der Waals surface area contributed by atoms with E-state index >= 15 is 0 Å². The number of hydrogen-bond acceptors (Lipinski definition) is 3. The molecule has 0 fully saturated rings. The molecular weight excluding hydrogens is 247 g/mol. The quantitative estimate of drug-likeness (QED) is 0.802. The number of aromatic amines is 1. The van der Waals surface area contributed by atoms with Gasteiger partial charge in [0.15, 0.2) is 5.82 Å². The van der Waals surface area contributed by atoms with E-state index in [9.17, 15) is 9.18 Å². The molecule has 0 radical (unpaired) electrons. The van der Waals surface area contributed by atoms with E-state index in [0.717, 1.165) is 13.0 Å². The maximum absolute atomic E-state index is 13.4. The molecule has 1 aromatic heterocycles. The molecule has 2 aromatic rings. The summed E-state index contributed by atoms with van der Waals surface area (Å²) in [5, 5.41) is 9.72. The topological polar surface area (TPSA) is 61.0 Å². The number of aromatic nitrogens is 2. The van der Waals surface area contributed by atoms with E-state index in [4.69, 9.17) is 0 Å². The molecule has 0 aliphatic rings. The van der Waals surface area contributed by atoms with Crippen LogP contribution in [-0.4, -0.2) is 48.2 Å². The van der Waals surface area contributed by atoms with Crippen molar-refractivity contribution in [1.29, 1.82) is 0 Å². The van der Waals surface area contributed by atoms with Crippen molar-refractivity contribution in [3.8, 4) is 0 Å². The number of carbonyl (C=O) groups excluding carboxylic acids is 1. The van der Waals surface area contributed by atoms with Crippen LogP contribution in [0.25, 0.3) is 10.9 Å². The van der Waals surface area contributed by atoms with Crippen LogP contribution in [0.2, 0.25) is 0 Å². The van der Waals surface area contributed by atoms with Gasteiger partial charge in [-0.1, -0.05) is 12.1 Å². The van der Waals surface area contributed by atoms with Gasteiger partial charge < -0.3 is 10.2 Å². The Labute approximate surface area is 110 Å². The fourth-order valence-electron chi connectivity index (χ4n) is 1.86. The third-order valence-corrected chi connectivity index (χ3v) is 2.83. The molecule has 2 rings (SSSR count). The lowest BCUT2D eigenvalue weighted by atomic mass is 10.2. The van der Waals surface area contributed by atoms with Crippen LogP contribution in [0.4, 0.5) is 4.39 Å². The molecule has 0 aliphatic carbocycles. The molecule has 0 bridgehead atoms. The van der Waals surface area contributed by atoms with E-state index in [1.807, 2.05) is 19.0 Å². The molecular formula is C13H17FN4O. The van der Waals surface area contributed by atoms with Gasteiger partial charge in [0, 0.05) is 11.9 Å². The maximum atomic E-state index is 13.4. The number of hydrogen-bond donors (Lipinski definition) is 2. The zero-order valence-electron chi connectivity index (χ0n) is 11.0. The van der Waals surface area contributed by atoms with Crippen molar-refractivity contribution in [2.24, 2.45) is 0 Å². The first kappa shape index (κ1) is 13.5. The SMILES string of the molecule is CN(C)CCCNC(=O)c1[nH]nc2c(F)cccc12. The van der Waals surface area contributed by atoms with E-state index in [-0.39, 0.29) is 11.4 Å². The van der Waals surface area contributed by atoms with Gasteiger partial charge in [0.2, 0.25) is 0 Å². The van der Waals surface area contributed by atoms with Gasteiger partial charge in [0.05, 0.1) is 0 Å². The Bertz CT molecular complexity index is 579. The van der Waals surface area contributed by atoms with Crippen molar-refractivity contribution in [3.63, 3.8) is 0 Å². The summed E-state index contributed by atoms with van der Waals surface area (Å²) >= 11 is 0. The van der Waals surface area contributed by atoms with Crippen molar-refractivity contribution in [3.05, 3.63) is 29.7 Å². The average Bonchev–Trinajstić information content (AvgIpc) is 2.79. The lowest BCUT2D eigenvalue weighted by molar-refractivity contribution is 0.0949. The molecule has 6 heteroatoms.